The van der Waals surface area contributed by atoms with Crippen molar-refractivity contribution in [1.82, 2.24) is 0 Å². The molecule has 1 rings (SSSR count). The molecule has 0 bridgehead atoms. The molecule has 4 nitrogen and oxygen atoms in total. The van der Waals surface area contributed by atoms with Gasteiger partial charge in [0.25, 0.3) is 0 Å². The minimum absolute atomic E-state index is 0.0146. The summed E-state index contributed by atoms with van der Waals surface area (Å²) in [6, 6.07) is -2.18. The van der Waals surface area contributed by atoms with Gasteiger partial charge in [0.2, 0.25) is 0 Å². The Hall–Kier alpha value is -1.40. The van der Waals surface area contributed by atoms with E-state index in [1.807, 2.05) is 0 Å². The molecule has 1 aliphatic heterocycles. The molecule has 0 saturated heterocycles. The molecule has 1 heterocycles. The normalized spacial score (nSPS) is 20.9. The number of carbonyl (C=O) groups excluding carboxylic acids is 1. The molecule has 0 aromatic carbocycles. The topological polar surface area (TPSA) is 51.0 Å². The van der Waals surface area contributed by atoms with Gasteiger partial charge in [0, 0.05) is 0 Å². The Balaban J connectivity index is 2.77. The van der Waals surface area contributed by atoms with Crippen molar-refractivity contribution in [3.8, 4) is 0 Å². The van der Waals surface area contributed by atoms with Gasteiger partial charge in [-0.15, -0.1) is 0 Å². The first-order chi connectivity index (χ1) is 6.46. The highest BCUT2D eigenvalue weighted by Gasteiger charge is 2.47. The van der Waals surface area contributed by atoms with Crippen molar-refractivity contribution >= 4 is 5.97 Å². The molecule has 1 aliphatic rings. The summed E-state index contributed by atoms with van der Waals surface area (Å²) >= 11 is 0. The van der Waals surface area contributed by atoms with E-state index in [4.69, 9.17) is 0 Å². The van der Waals surface area contributed by atoms with Gasteiger partial charge in [0.1, 0.15) is 0 Å². The number of carbonyl (C=O) groups is 1. The van der Waals surface area contributed by atoms with Crippen molar-refractivity contribution in [3.05, 3.63) is 11.8 Å². The van der Waals surface area contributed by atoms with Gasteiger partial charge in [-0.25, -0.2) is 4.79 Å². The first kappa shape index (κ1) is 10.7. The number of nitrogens with zero attached hydrogens (tertiary/aromatic N) is 2. The molecule has 78 valence electrons. The van der Waals surface area contributed by atoms with Crippen molar-refractivity contribution in [2.75, 3.05) is 6.61 Å². The second kappa shape index (κ2) is 3.77. The molecule has 0 N–H and O–H groups in total. The molecule has 0 aliphatic carbocycles. The highest BCUT2D eigenvalue weighted by atomic mass is 19.4. The zero-order valence-corrected chi connectivity index (χ0v) is 7.21. The van der Waals surface area contributed by atoms with E-state index < -0.39 is 23.8 Å². The van der Waals surface area contributed by atoms with E-state index in [0.717, 1.165) is 6.20 Å². The Morgan fingerprint density at radius 2 is 2.29 bits per heavy atom. The average Bonchev–Trinajstić information content (AvgIpc) is 2.50. The van der Waals surface area contributed by atoms with Crippen LogP contribution < -0.4 is 0 Å². The number of hydrogen-bond acceptors (Lipinski definition) is 4. The molecule has 0 spiro atoms. The van der Waals surface area contributed by atoms with Gasteiger partial charge in [-0.1, -0.05) is 0 Å². The third-order valence-electron chi connectivity index (χ3n) is 1.49. The minimum Gasteiger partial charge on any atom is -0.463 e. The molecule has 7 heteroatoms. The van der Waals surface area contributed by atoms with Gasteiger partial charge >= 0.3 is 12.1 Å². The van der Waals surface area contributed by atoms with Crippen molar-refractivity contribution in [2.24, 2.45) is 10.2 Å². The summed E-state index contributed by atoms with van der Waals surface area (Å²) in [5, 5.41) is 5.96. The Morgan fingerprint density at radius 3 is 2.79 bits per heavy atom. The lowest BCUT2D eigenvalue weighted by atomic mass is 10.1. The van der Waals surface area contributed by atoms with Crippen molar-refractivity contribution in [1.29, 1.82) is 0 Å². The van der Waals surface area contributed by atoms with Crippen molar-refractivity contribution in [2.45, 2.75) is 19.1 Å². The second-order valence-corrected chi connectivity index (χ2v) is 2.48. The fraction of sp³-hybridized carbons (Fsp3) is 0.571. The number of azo groups is 1. The molecular formula is C7H7F3N2O2. The van der Waals surface area contributed by atoms with Crippen molar-refractivity contribution in [3.63, 3.8) is 0 Å². The summed E-state index contributed by atoms with van der Waals surface area (Å²) in [6.07, 6.45) is -3.82. The van der Waals surface area contributed by atoms with E-state index in [0.29, 0.717) is 0 Å². The summed E-state index contributed by atoms with van der Waals surface area (Å²) in [4.78, 5) is 11.0. The van der Waals surface area contributed by atoms with Crippen molar-refractivity contribution < 1.29 is 22.7 Å². The third kappa shape index (κ3) is 2.09. The summed E-state index contributed by atoms with van der Waals surface area (Å²) in [5.41, 5.74) is -0.570. The molecule has 0 aromatic heterocycles. The quantitative estimate of drug-likeness (QED) is 0.650. The van der Waals surface area contributed by atoms with E-state index in [1.54, 1.807) is 0 Å². The maximum absolute atomic E-state index is 12.2. The van der Waals surface area contributed by atoms with Crippen LogP contribution in [0.1, 0.15) is 6.92 Å². The third-order valence-corrected chi connectivity index (χ3v) is 1.49. The molecule has 0 aromatic rings. The maximum Gasteiger partial charge on any atom is 0.417 e. The Bertz CT molecular complexity index is 296. The zero-order chi connectivity index (χ0) is 10.8. The lowest BCUT2D eigenvalue weighted by Crippen LogP contribution is -2.31. The summed E-state index contributed by atoms with van der Waals surface area (Å²) in [5.74, 6) is -1.03. The van der Waals surface area contributed by atoms with Gasteiger partial charge in [-0.05, 0) is 6.92 Å². The Morgan fingerprint density at radius 1 is 1.64 bits per heavy atom. The predicted molar refractivity (Wildman–Crippen MR) is 39.4 cm³/mol. The number of rotatable bonds is 2. The Kier molecular flexibility index (Phi) is 2.87. The number of ether oxygens (including phenoxy) is 1. The van der Waals surface area contributed by atoms with Crippen LogP contribution in [0.3, 0.4) is 0 Å². The smallest absolute Gasteiger partial charge is 0.417 e. The molecule has 14 heavy (non-hydrogen) atoms. The number of esters is 1. The van der Waals surface area contributed by atoms with Crippen LogP contribution in [0.25, 0.3) is 0 Å². The van der Waals surface area contributed by atoms with E-state index in [1.165, 1.54) is 6.92 Å². The first-order valence-corrected chi connectivity index (χ1v) is 3.80. The van der Waals surface area contributed by atoms with Gasteiger partial charge in [0.15, 0.2) is 6.04 Å². The van der Waals surface area contributed by atoms with Crippen LogP contribution in [0.2, 0.25) is 0 Å². The molecule has 0 radical (unpaired) electrons. The van der Waals surface area contributed by atoms with E-state index >= 15 is 0 Å². The monoisotopic (exact) mass is 208 g/mol. The Labute approximate surface area is 77.5 Å². The number of hydrogen-bond donors (Lipinski definition) is 0. The SMILES string of the molecule is CCOC(=O)C1=CN=N[C@@H]1C(F)(F)F. The lowest BCUT2D eigenvalue weighted by Gasteiger charge is -2.13. The van der Waals surface area contributed by atoms with Crippen LogP contribution >= 0.6 is 0 Å². The standard InChI is InChI=1S/C7H7F3N2O2/c1-2-14-6(13)4-3-11-12-5(4)7(8,9)10/h3,5H,2H2,1H3/t5-/m0/s1. The fourth-order valence-corrected chi connectivity index (χ4v) is 0.916. The summed E-state index contributed by atoms with van der Waals surface area (Å²) < 4.78 is 41.1. The van der Waals surface area contributed by atoms with Crippen LogP contribution in [0.4, 0.5) is 13.2 Å². The van der Waals surface area contributed by atoms with Gasteiger partial charge < -0.3 is 4.74 Å². The molecular weight excluding hydrogens is 201 g/mol. The second-order valence-electron chi connectivity index (χ2n) is 2.48. The molecule has 1 atom stereocenters. The van der Waals surface area contributed by atoms with Gasteiger partial charge in [-0.2, -0.15) is 23.4 Å². The zero-order valence-electron chi connectivity index (χ0n) is 7.21. The maximum atomic E-state index is 12.2. The summed E-state index contributed by atoms with van der Waals surface area (Å²) in [7, 11) is 0. The van der Waals surface area contributed by atoms with Crippen LogP contribution in [0.15, 0.2) is 22.0 Å². The first-order valence-electron chi connectivity index (χ1n) is 3.80. The number of halogens is 3. The van der Waals surface area contributed by atoms with Crippen LogP contribution in [-0.2, 0) is 9.53 Å². The predicted octanol–water partition coefficient (Wildman–Crippen LogP) is 1.83. The van der Waals surface area contributed by atoms with Crippen LogP contribution in [0, 0.1) is 0 Å². The van der Waals surface area contributed by atoms with E-state index in [2.05, 4.69) is 15.0 Å². The molecule has 0 unspecified atom stereocenters. The molecule has 0 saturated carbocycles. The number of alkyl halides is 3. The average molecular weight is 208 g/mol. The van der Waals surface area contributed by atoms with E-state index in [-0.39, 0.29) is 6.61 Å². The van der Waals surface area contributed by atoms with Gasteiger partial charge in [0.05, 0.1) is 18.4 Å². The van der Waals surface area contributed by atoms with Crippen LogP contribution in [0.5, 0.6) is 0 Å². The minimum atomic E-state index is -4.60. The van der Waals surface area contributed by atoms with E-state index in [9.17, 15) is 18.0 Å². The highest BCUT2D eigenvalue weighted by Crippen LogP contribution is 2.32. The molecule has 0 amide bonds. The van der Waals surface area contributed by atoms with Gasteiger partial charge in [-0.3, -0.25) is 0 Å². The van der Waals surface area contributed by atoms with Crippen LogP contribution in [-0.4, -0.2) is 24.8 Å². The fourth-order valence-electron chi connectivity index (χ4n) is 0.916. The highest BCUT2D eigenvalue weighted by molar-refractivity contribution is 5.90. The largest absolute Gasteiger partial charge is 0.463 e. The summed E-state index contributed by atoms with van der Waals surface area (Å²) in [6.45, 7) is 1.52. The lowest BCUT2D eigenvalue weighted by molar-refractivity contribution is -0.152. The molecule has 0 fully saturated rings.